The first kappa shape index (κ1) is 20.1. The third-order valence-corrected chi connectivity index (χ3v) is 5.01. The molecular formula is C23H27N3OS. The number of pyridine rings is 1. The van der Waals surface area contributed by atoms with Crippen molar-refractivity contribution in [2.75, 3.05) is 6.54 Å². The van der Waals surface area contributed by atoms with Crippen molar-refractivity contribution in [3.05, 3.63) is 81.6 Å². The van der Waals surface area contributed by atoms with Gasteiger partial charge in [-0.3, -0.25) is 4.79 Å². The Bertz CT molecular complexity index is 1010. The first-order valence-electron chi connectivity index (χ1n) is 9.61. The van der Waals surface area contributed by atoms with Gasteiger partial charge in [0.25, 0.3) is 5.56 Å². The number of nitrogens with zero attached hydrogens (tertiary/aromatic N) is 1. The van der Waals surface area contributed by atoms with Crippen LogP contribution in [-0.2, 0) is 13.1 Å². The van der Waals surface area contributed by atoms with Crippen LogP contribution in [0.25, 0.3) is 10.9 Å². The maximum absolute atomic E-state index is 12.6. The molecule has 28 heavy (non-hydrogen) atoms. The molecule has 0 unspecified atom stereocenters. The van der Waals surface area contributed by atoms with E-state index in [0.717, 1.165) is 23.0 Å². The molecule has 0 radical (unpaired) electrons. The molecule has 0 aliphatic rings. The van der Waals surface area contributed by atoms with Crippen LogP contribution in [0.15, 0.2) is 59.4 Å². The minimum absolute atomic E-state index is 0.0684. The van der Waals surface area contributed by atoms with Gasteiger partial charge >= 0.3 is 0 Å². The molecule has 0 spiro atoms. The van der Waals surface area contributed by atoms with E-state index in [1.807, 2.05) is 36.4 Å². The Morgan fingerprint density at radius 3 is 2.57 bits per heavy atom. The summed E-state index contributed by atoms with van der Waals surface area (Å²) in [5.74, 6) is 0.489. The molecule has 0 amide bonds. The van der Waals surface area contributed by atoms with Gasteiger partial charge in [0.1, 0.15) is 0 Å². The predicted molar refractivity (Wildman–Crippen MR) is 120 cm³/mol. The Morgan fingerprint density at radius 1 is 1.11 bits per heavy atom. The van der Waals surface area contributed by atoms with Gasteiger partial charge in [0.2, 0.25) is 0 Å². The molecule has 3 rings (SSSR count). The number of rotatable bonds is 6. The van der Waals surface area contributed by atoms with E-state index in [1.54, 1.807) is 0 Å². The maximum atomic E-state index is 12.6. The van der Waals surface area contributed by atoms with Gasteiger partial charge in [-0.2, -0.15) is 0 Å². The molecule has 0 atom stereocenters. The quantitative estimate of drug-likeness (QED) is 0.611. The average molecular weight is 394 g/mol. The second kappa shape index (κ2) is 9.02. The lowest BCUT2D eigenvalue weighted by molar-refractivity contribution is 0.394. The third kappa shape index (κ3) is 5.20. The molecule has 5 heteroatoms. The van der Waals surface area contributed by atoms with E-state index in [0.29, 0.717) is 29.7 Å². The zero-order valence-corrected chi connectivity index (χ0v) is 17.5. The molecule has 0 aliphatic carbocycles. The molecule has 4 nitrogen and oxygen atoms in total. The second-order valence-corrected chi connectivity index (χ2v) is 8.02. The van der Waals surface area contributed by atoms with Crippen LogP contribution in [0.4, 0.5) is 0 Å². The van der Waals surface area contributed by atoms with Gasteiger partial charge in [-0.1, -0.05) is 55.8 Å². The first-order valence-corrected chi connectivity index (χ1v) is 10.0. The van der Waals surface area contributed by atoms with Crippen molar-refractivity contribution < 1.29 is 0 Å². The van der Waals surface area contributed by atoms with Crippen LogP contribution in [0.2, 0.25) is 0 Å². The van der Waals surface area contributed by atoms with E-state index >= 15 is 0 Å². The van der Waals surface area contributed by atoms with Gasteiger partial charge < -0.3 is 15.2 Å². The van der Waals surface area contributed by atoms with Crippen LogP contribution in [0.1, 0.15) is 30.5 Å². The number of aromatic nitrogens is 1. The number of H-pyrrole nitrogens is 1. The summed E-state index contributed by atoms with van der Waals surface area (Å²) in [6.45, 7) is 8.25. The number of fused-ring (bicyclic) bond motifs is 1. The highest BCUT2D eigenvalue weighted by Crippen LogP contribution is 2.15. The number of aryl methyl sites for hydroxylation is 1. The van der Waals surface area contributed by atoms with E-state index in [-0.39, 0.29) is 5.56 Å². The molecule has 0 saturated carbocycles. The van der Waals surface area contributed by atoms with Crippen LogP contribution in [0, 0.1) is 12.8 Å². The molecule has 2 aromatic carbocycles. The van der Waals surface area contributed by atoms with E-state index in [4.69, 9.17) is 12.2 Å². The average Bonchev–Trinajstić information content (AvgIpc) is 2.67. The first-order chi connectivity index (χ1) is 13.4. The number of aromatic amines is 1. The molecule has 146 valence electrons. The lowest BCUT2D eigenvalue weighted by Gasteiger charge is -2.26. The SMILES string of the molecule is Cc1ccc2[nH]c(=O)c(CN(Cc3ccccc3)C(=S)NCC(C)C)cc2c1. The Labute approximate surface area is 171 Å². The fourth-order valence-corrected chi connectivity index (χ4v) is 3.31. The smallest absolute Gasteiger partial charge is 0.253 e. The van der Waals surface area contributed by atoms with E-state index in [2.05, 4.69) is 54.2 Å². The molecule has 0 saturated heterocycles. The molecule has 0 aliphatic heterocycles. The van der Waals surface area contributed by atoms with Crippen molar-refractivity contribution in [2.45, 2.75) is 33.9 Å². The summed E-state index contributed by atoms with van der Waals surface area (Å²) >= 11 is 5.65. The largest absolute Gasteiger partial charge is 0.362 e. The fraction of sp³-hybridized carbons (Fsp3) is 0.304. The summed E-state index contributed by atoms with van der Waals surface area (Å²) in [6.07, 6.45) is 0. The van der Waals surface area contributed by atoms with Crippen molar-refractivity contribution in [3.8, 4) is 0 Å². The summed E-state index contributed by atoms with van der Waals surface area (Å²) in [4.78, 5) is 17.7. The van der Waals surface area contributed by atoms with Crippen molar-refractivity contribution in [3.63, 3.8) is 0 Å². The van der Waals surface area contributed by atoms with Crippen molar-refractivity contribution in [1.82, 2.24) is 15.2 Å². The molecule has 1 heterocycles. The number of hydrogen-bond acceptors (Lipinski definition) is 2. The predicted octanol–water partition coefficient (Wildman–Crippen LogP) is 4.37. The fourth-order valence-electron chi connectivity index (χ4n) is 3.10. The summed E-state index contributed by atoms with van der Waals surface area (Å²) in [5, 5.41) is 5.04. The van der Waals surface area contributed by atoms with E-state index < -0.39 is 0 Å². The van der Waals surface area contributed by atoms with Crippen LogP contribution in [0.3, 0.4) is 0 Å². The van der Waals surface area contributed by atoms with Gasteiger partial charge in [0.05, 0.1) is 6.54 Å². The van der Waals surface area contributed by atoms with Crippen molar-refractivity contribution >= 4 is 28.2 Å². The lowest BCUT2D eigenvalue weighted by atomic mass is 10.1. The summed E-state index contributed by atoms with van der Waals surface area (Å²) in [6, 6.07) is 18.2. The van der Waals surface area contributed by atoms with Crippen LogP contribution < -0.4 is 10.9 Å². The Balaban J connectivity index is 1.89. The molecule has 0 bridgehead atoms. The minimum atomic E-state index is -0.0684. The standard InChI is InChI=1S/C23H27N3OS/c1-16(2)13-24-23(28)26(14-18-7-5-4-6-8-18)15-20-12-19-11-17(3)9-10-21(19)25-22(20)27/h4-12,16H,13-15H2,1-3H3,(H,24,28)(H,25,27). The Kier molecular flexibility index (Phi) is 6.47. The number of benzene rings is 2. The Morgan fingerprint density at radius 2 is 1.86 bits per heavy atom. The highest BCUT2D eigenvalue weighted by atomic mass is 32.1. The van der Waals surface area contributed by atoms with Crippen molar-refractivity contribution in [1.29, 1.82) is 0 Å². The second-order valence-electron chi connectivity index (χ2n) is 7.64. The minimum Gasteiger partial charge on any atom is -0.362 e. The van der Waals surface area contributed by atoms with Crippen LogP contribution in [0.5, 0.6) is 0 Å². The number of thiocarbonyl (C=S) groups is 1. The van der Waals surface area contributed by atoms with Crippen LogP contribution >= 0.6 is 12.2 Å². The molecule has 3 aromatic rings. The highest BCUT2D eigenvalue weighted by molar-refractivity contribution is 7.80. The van der Waals surface area contributed by atoms with E-state index in [9.17, 15) is 4.79 Å². The van der Waals surface area contributed by atoms with Gasteiger partial charge in [-0.25, -0.2) is 0 Å². The van der Waals surface area contributed by atoms with Gasteiger partial charge in [-0.05, 0) is 54.2 Å². The van der Waals surface area contributed by atoms with Gasteiger partial charge in [-0.15, -0.1) is 0 Å². The van der Waals surface area contributed by atoms with Crippen LogP contribution in [-0.4, -0.2) is 21.5 Å². The highest BCUT2D eigenvalue weighted by Gasteiger charge is 2.14. The maximum Gasteiger partial charge on any atom is 0.253 e. The molecule has 2 N–H and O–H groups in total. The normalized spacial score (nSPS) is 11.0. The van der Waals surface area contributed by atoms with Crippen molar-refractivity contribution in [2.24, 2.45) is 5.92 Å². The number of nitrogens with one attached hydrogen (secondary N) is 2. The topological polar surface area (TPSA) is 48.1 Å². The molecule has 0 fully saturated rings. The zero-order valence-electron chi connectivity index (χ0n) is 16.7. The lowest BCUT2D eigenvalue weighted by Crippen LogP contribution is -2.41. The summed E-state index contributed by atoms with van der Waals surface area (Å²) < 4.78 is 0. The zero-order chi connectivity index (χ0) is 20.1. The molecular weight excluding hydrogens is 366 g/mol. The molecule has 1 aromatic heterocycles. The summed E-state index contributed by atoms with van der Waals surface area (Å²) in [5.41, 5.74) is 3.82. The van der Waals surface area contributed by atoms with Gasteiger partial charge in [0, 0.05) is 24.2 Å². The summed E-state index contributed by atoms with van der Waals surface area (Å²) in [7, 11) is 0. The van der Waals surface area contributed by atoms with Gasteiger partial charge in [0.15, 0.2) is 5.11 Å². The third-order valence-electron chi connectivity index (χ3n) is 4.60. The monoisotopic (exact) mass is 393 g/mol. The number of hydrogen-bond donors (Lipinski definition) is 2. The Hall–Kier alpha value is -2.66. The van der Waals surface area contributed by atoms with E-state index in [1.165, 1.54) is 5.56 Å².